The second-order valence-electron chi connectivity index (χ2n) is 3.39. The van der Waals surface area contributed by atoms with Crippen LogP contribution in [0, 0.1) is 0 Å². The maximum Gasteiger partial charge on any atom is 0.445 e. The molecule has 17 heavy (non-hydrogen) atoms. The van der Waals surface area contributed by atoms with Gasteiger partial charge in [-0.1, -0.05) is 6.08 Å². The second kappa shape index (κ2) is 4.69. The highest BCUT2D eigenvalue weighted by Crippen LogP contribution is 2.01. The van der Waals surface area contributed by atoms with E-state index in [9.17, 15) is 14.4 Å². The summed E-state index contributed by atoms with van der Waals surface area (Å²) in [5.41, 5.74) is 5.35. The van der Waals surface area contributed by atoms with E-state index < -0.39 is 17.8 Å². The number of amidine groups is 1. The highest BCUT2D eigenvalue weighted by atomic mass is 16.2. The van der Waals surface area contributed by atoms with Crippen molar-refractivity contribution in [1.29, 1.82) is 0 Å². The van der Waals surface area contributed by atoms with Crippen LogP contribution in [0.5, 0.6) is 0 Å². The first-order chi connectivity index (χ1) is 7.90. The molecule has 1 aliphatic rings. The smallest absolute Gasteiger partial charge is 0.316 e. The Morgan fingerprint density at radius 1 is 1.47 bits per heavy atom. The zero-order valence-electron chi connectivity index (χ0n) is 9.80. The number of carbonyl (C=O) groups is 3. The molecule has 0 aromatic rings. The average molecular weight is 237 g/mol. The topological polar surface area (TPSA) is 95.8 Å². The van der Waals surface area contributed by atoms with Crippen molar-refractivity contribution in [3.63, 3.8) is 0 Å². The number of hydrogen-bond acceptors (Lipinski definition) is 4. The van der Waals surface area contributed by atoms with Crippen LogP contribution in [0.3, 0.4) is 0 Å². The van der Waals surface area contributed by atoms with Crippen LogP contribution in [-0.2, 0) is 9.59 Å². The number of hydrogen-bond donors (Lipinski definition) is 1. The molecule has 0 radical (unpaired) electrons. The lowest BCUT2D eigenvalue weighted by Gasteiger charge is -2.17. The van der Waals surface area contributed by atoms with E-state index in [1.807, 2.05) is 0 Å². The molecule has 0 saturated heterocycles. The van der Waals surface area contributed by atoms with Gasteiger partial charge in [-0.25, -0.2) is 9.59 Å². The predicted molar refractivity (Wildman–Crippen MR) is 60.8 cm³/mol. The molecule has 0 aliphatic carbocycles. The summed E-state index contributed by atoms with van der Waals surface area (Å²) in [5.74, 6) is -1.42. The number of rotatable bonds is 1. The van der Waals surface area contributed by atoms with Gasteiger partial charge in [-0.3, -0.25) is 4.79 Å². The van der Waals surface area contributed by atoms with Gasteiger partial charge in [0.2, 0.25) is 5.71 Å². The zero-order valence-corrected chi connectivity index (χ0v) is 9.80. The fourth-order valence-corrected chi connectivity index (χ4v) is 1.24. The first-order valence-electron chi connectivity index (χ1n) is 4.84. The first-order valence-corrected chi connectivity index (χ1v) is 4.84. The molecule has 1 heterocycles. The maximum absolute atomic E-state index is 11.7. The van der Waals surface area contributed by atoms with E-state index in [0.29, 0.717) is 0 Å². The Hall–Kier alpha value is -2.31. The molecule has 1 rings (SSSR count). The van der Waals surface area contributed by atoms with Crippen molar-refractivity contribution >= 4 is 29.4 Å². The van der Waals surface area contributed by atoms with Gasteiger partial charge in [0.15, 0.2) is 0 Å². The van der Waals surface area contributed by atoms with Crippen LogP contribution in [0.15, 0.2) is 17.1 Å². The molecular weight excluding hydrogens is 224 g/mol. The minimum absolute atomic E-state index is 0.129. The van der Waals surface area contributed by atoms with Gasteiger partial charge in [-0.15, -0.1) is 0 Å². The van der Waals surface area contributed by atoms with Crippen molar-refractivity contribution in [3.8, 4) is 0 Å². The van der Waals surface area contributed by atoms with Crippen LogP contribution in [0.25, 0.3) is 0 Å². The summed E-state index contributed by atoms with van der Waals surface area (Å²) in [6.45, 7) is 1.65. The fraction of sp³-hybridized carbons (Fsp3) is 0.300. The normalized spacial score (nSPS) is 19.7. The zero-order chi connectivity index (χ0) is 13.2. The summed E-state index contributed by atoms with van der Waals surface area (Å²) in [5, 5.41) is 0. The van der Waals surface area contributed by atoms with Crippen LogP contribution < -0.4 is 5.73 Å². The van der Waals surface area contributed by atoms with Crippen LogP contribution in [-0.4, -0.2) is 53.0 Å². The Kier molecular flexibility index (Phi) is 3.52. The summed E-state index contributed by atoms with van der Waals surface area (Å²) in [6.07, 6.45) is 2.69. The first kappa shape index (κ1) is 12.8. The SMILES string of the molecule is C/C=C/C(=O)N=C1C(=O)N(C)C(=O)[N+](C)=C1N. The highest BCUT2D eigenvalue weighted by Gasteiger charge is 2.39. The van der Waals surface area contributed by atoms with Gasteiger partial charge in [0.1, 0.15) is 0 Å². The molecule has 0 fully saturated rings. The molecule has 0 bridgehead atoms. The van der Waals surface area contributed by atoms with Gasteiger partial charge in [0, 0.05) is 6.08 Å². The van der Waals surface area contributed by atoms with Crippen LogP contribution in [0.2, 0.25) is 0 Å². The average Bonchev–Trinajstić information content (AvgIpc) is 2.30. The third kappa shape index (κ3) is 2.27. The van der Waals surface area contributed by atoms with Crippen molar-refractivity contribution in [2.45, 2.75) is 6.92 Å². The van der Waals surface area contributed by atoms with E-state index in [1.54, 1.807) is 6.92 Å². The monoisotopic (exact) mass is 237 g/mol. The van der Waals surface area contributed by atoms with Gasteiger partial charge in [-0.05, 0) is 6.92 Å². The Balaban J connectivity index is 3.28. The predicted octanol–water partition coefficient (Wildman–Crippen LogP) is -0.878. The van der Waals surface area contributed by atoms with Crippen molar-refractivity contribution < 1.29 is 19.0 Å². The van der Waals surface area contributed by atoms with E-state index in [1.165, 1.54) is 26.2 Å². The number of aliphatic imine (C=N–C) groups is 1. The van der Waals surface area contributed by atoms with Crippen molar-refractivity contribution in [2.75, 3.05) is 14.1 Å². The maximum atomic E-state index is 11.7. The van der Waals surface area contributed by atoms with Crippen molar-refractivity contribution in [2.24, 2.45) is 10.7 Å². The standard InChI is InChI=1S/C10H12N4O3/c1-4-5-6(15)12-7-8(11)13(2)10(17)14(3)9(7)16/h4-5,11H,1-3H3/p+1/b5-4+,12-7?. The molecular formula is C10H13N4O3+. The lowest BCUT2D eigenvalue weighted by molar-refractivity contribution is -0.401. The molecule has 0 aromatic heterocycles. The van der Waals surface area contributed by atoms with Gasteiger partial charge in [0.25, 0.3) is 11.7 Å². The quantitative estimate of drug-likeness (QED) is 0.473. The van der Waals surface area contributed by atoms with E-state index in [2.05, 4.69) is 4.99 Å². The third-order valence-corrected chi connectivity index (χ3v) is 2.22. The molecule has 0 unspecified atom stereocenters. The number of imide groups is 1. The molecule has 7 nitrogen and oxygen atoms in total. The lowest BCUT2D eigenvalue weighted by atomic mass is 10.2. The summed E-state index contributed by atoms with van der Waals surface area (Å²) in [7, 11) is 2.69. The summed E-state index contributed by atoms with van der Waals surface area (Å²) in [6, 6.07) is -0.565. The van der Waals surface area contributed by atoms with E-state index >= 15 is 0 Å². The summed E-state index contributed by atoms with van der Waals surface area (Å²) >= 11 is 0. The second-order valence-corrected chi connectivity index (χ2v) is 3.39. The third-order valence-electron chi connectivity index (χ3n) is 2.22. The summed E-state index contributed by atoms with van der Waals surface area (Å²) < 4.78 is 1.06. The minimum atomic E-state index is -0.691. The molecule has 0 spiro atoms. The van der Waals surface area contributed by atoms with Gasteiger partial charge in [-0.2, -0.15) is 14.5 Å². The molecule has 4 amide bonds. The minimum Gasteiger partial charge on any atom is -0.316 e. The van der Waals surface area contributed by atoms with Crippen molar-refractivity contribution in [1.82, 2.24) is 4.90 Å². The molecule has 0 aromatic carbocycles. The molecule has 7 heteroatoms. The fourth-order valence-electron chi connectivity index (χ4n) is 1.24. The molecule has 0 atom stereocenters. The highest BCUT2D eigenvalue weighted by molar-refractivity contribution is 6.67. The Labute approximate surface area is 97.9 Å². The molecule has 2 N–H and O–H groups in total. The summed E-state index contributed by atoms with van der Waals surface area (Å²) in [4.78, 5) is 38.9. The molecule has 1 aliphatic heterocycles. The molecule has 90 valence electrons. The largest absolute Gasteiger partial charge is 0.445 e. The Morgan fingerprint density at radius 3 is 2.59 bits per heavy atom. The van der Waals surface area contributed by atoms with Crippen LogP contribution >= 0.6 is 0 Å². The van der Waals surface area contributed by atoms with Gasteiger partial charge >= 0.3 is 11.9 Å². The van der Waals surface area contributed by atoms with Gasteiger partial charge in [0.05, 0.1) is 14.1 Å². The van der Waals surface area contributed by atoms with Crippen LogP contribution in [0.4, 0.5) is 4.79 Å². The number of carbonyl (C=O) groups excluding carboxylic acids is 3. The van der Waals surface area contributed by atoms with E-state index in [4.69, 9.17) is 5.73 Å². The number of allylic oxidation sites excluding steroid dienone is 1. The molecule has 0 saturated carbocycles. The number of urea groups is 1. The van der Waals surface area contributed by atoms with E-state index in [-0.39, 0.29) is 11.5 Å². The van der Waals surface area contributed by atoms with Crippen LogP contribution in [0.1, 0.15) is 6.92 Å². The number of nitrogens with two attached hydrogens (primary N) is 1. The number of amides is 4. The Bertz CT molecular complexity index is 488. The van der Waals surface area contributed by atoms with Gasteiger partial charge < -0.3 is 5.73 Å². The number of nitrogens with zero attached hydrogens (tertiary/aromatic N) is 3. The lowest BCUT2D eigenvalue weighted by Crippen LogP contribution is -2.55. The van der Waals surface area contributed by atoms with Crippen molar-refractivity contribution in [3.05, 3.63) is 12.2 Å². The van der Waals surface area contributed by atoms with E-state index in [0.717, 1.165) is 9.48 Å². The Morgan fingerprint density at radius 2 is 2.06 bits per heavy atom.